The van der Waals surface area contributed by atoms with E-state index in [2.05, 4.69) is 28.1 Å². The second-order valence-electron chi connectivity index (χ2n) is 4.90. The number of hydrogen-bond acceptors (Lipinski definition) is 3. The summed E-state index contributed by atoms with van der Waals surface area (Å²) < 4.78 is 7.85. The van der Waals surface area contributed by atoms with Crippen molar-refractivity contribution < 1.29 is 9.52 Å². The zero-order valence-electron chi connectivity index (χ0n) is 10.9. The predicted octanol–water partition coefficient (Wildman–Crippen LogP) is 5.49. The Kier molecular flexibility index (Phi) is 3.10. The SMILES string of the molecule is OC(c1cc2cccc(Br)c2o1)c1cccc2ccsc12. The van der Waals surface area contributed by atoms with E-state index in [9.17, 15) is 5.11 Å². The summed E-state index contributed by atoms with van der Waals surface area (Å²) in [6.07, 6.45) is -0.758. The van der Waals surface area contributed by atoms with Crippen molar-refractivity contribution in [1.82, 2.24) is 0 Å². The molecule has 0 bridgehead atoms. The number of thiophene rings is 1. The molecule has 104 valence electrons. The fourth-order valence-corrected chi connectivity index (χ4v) is 3.97. The number of halogens is 1. The van der Waals surface area contributed by atoms with Crippen molar-refractivity contribution in [2.75, 3.05) is 0 Å². The standard InChI is InChI=1S/C17H11BrO2S/c18-13-6-2-4-11-9-14(20-16(11)13)15(19)12-5-1-3-10-7-8-21-17(10)12/h1-9,15,19H. The van der Waals surface area contributed by atoms with E-state index < -0.39 is 6.10 Å². The lowest BCUT2D eigenvalue weighted by Crippen LogP contribution is -1.97. The Bertz CT molecular complexity index is 938. The Labute approximate surface area is 133 Å². The van der Waals surface area contributed by atoms with Gasteiger partial charge in [0, 0.05) is 15.6 Å². The van der Waals surface area contributed by atoms with Crippen molar-refractivity contribution in [2.45, 2.75) is 6.10 Å². The first-order valence-corrected chi connectivity index (χ1v) is 8.23. The van der Waals surface area contributed by atoms with Gasteiger partial charge in [0.1, 0.15) is 17.4 Å². The first kappa shape index (κ1) is 13.1. The van der Waals surface area contributed by atoms with Gasteiger partial charge < -0.3 is 9.52 Å². The molecule has 2 aromatic heterocycles. The van der Waals surface area contributed by atoms with Gasteiger partial charge in [0.25, 0.3) is 0 Å². The molecule has 0 aliphatic heterocycles. The van der Waals surface area contributed by atoms with Crippen LogP contribution in [0.15, 0.2) is 62.8 Å². The van der Waals surface area contributed by atoms with Crippen molar-refractivity contribution in [3.05, 3.63) is 69.7 Å². The molecule has 1 N–H and O–H groups in total. The smallest absolute Gasteiger partial charge is 0.148 e. The van der Waals surface area contributed by atoms with E-state index in [1.54, 1.807) is 11.3 Å². The molecule has 0 saturated heterocycles. The number of para-hydroxylation sites is 1. The van der Waals surface area contributed by atoms with Gasteiger partial charge in [-0.2, -0.15) is 0 Å². The van der Waals surface area contributed by atoms with Crippen LogP contribution in [0, 0.1) is 0 Å². The second-order valence-corrected chi connectivity index (χ2v) is 6.67. The van der Waals surface area contributed by atoms with Crippen molar-refractivity contribution in [1.29, 1.82) is 0 Å². The molecule has 1 atom stereocenters. The van der Waals surface area contributed by atoms with Gasteiger partial charge in [-0.25, -0.2) is 0 Å². The maximum atomic E-state index is 10.7. The average molecular weight is 359 g/mol. The lowest BCUT2D eigenvalue weighted by molar-refractivity contribution is 0.194. The molecule has 0 saturated carbocycles. The third kappa shape index (κ3) is 2.11. The highest BCUT2D eigenvalue weighted by Gasteiger charge is 2.19. The molecule has 4 heteroatoms. The van der Waals surface area contributed by atoms with Crippen LogP contribution < -0.4 is 0 Å². The maximum absolute atomic E-state index is 10.7. The largest absolute Gasteiger partial charge is 0.457 e. The van der Waals surface area contributed by atoms with Crippen molar-refractivity contribution in [3.8, 4) is 0 Å². The number of aliphatic hydroxyl groups excluding tert-OH is 1. The molecule has 4 rings (SSSR count). The van der Waals surface area contributed by atoms with E-state index in [-0.39, 0.29) is 0 Å². The summed E-state index contributed by atoms with van der Waals surface area (Å²) in [6.45, 7) is 0. The lowest BCUT2D eigenvalue weighted by Gasteiger charge is -2.09. The molecule has 2 aromatic carbocycles. The molecule has 0 aliphatic rings. The van der Waals surface area contributed by atoms with Gasteiger partial charge in [-0.15, -0.1) is 11.3 Å². The van der Waals surface area contributed by atoms with Crippen molar-refractivity contribution >= 4 is 48.3 Å². The third-order valence-electron chi connectivity index (χ3n) is 3.59. The second kappa shape index (κ2) is 4.98. The average Bonchev–Trinajstić information content (AvgIpc) is 3.13. The normalized spacial score (nSPS) is 13.0. The van der Waals surface area contributed by atoms with Crippen LogP contribution in [0.5, 0.6) is 0 Å². The summed E-state index contributed by atoms with van der Waals surface area (Å²) in [6, 6.07) is 15.8. The van der Waals surface area contributed by atoms with Crippen LogP contribution in [0.25, 0.3) is 21.1 Å². The molecule has 2 heterocycles. The highest BCUT2D eigenvalue weighted by atomic mass is 79.9. The topological polar surface area (TPSA) is 33.4 Å². The summed E-state index contributed by atoms with van der Waals surface area (Å²) in [7, 11) is 0. The fraction of sp³-hybridized carbons (Fsp3) is 0.0588. The molecule has 2 nitrogen and oxygen atoms in total. The van der Waals surface area contributed by atoms with E-state index in [1.807, 2.05) is 41.8 Å². The molecular formula is C17H11BrO2S. The number of furan rings is 1. The summed E-state index contributed by atoms with van der Waals surface area (Å²) in [5, 5.41) is 14.9. The first-order chi connectivity index (χ1) is 10.2. The summed E-state index contributed by atoms with van der Waals surface area (Å²) >= 11 is 5.11. The Hall–Kier alpha value is -1.62. The summed E-state index contributed by atoms with van der Waals surface area (Å²) in [5.74, 6) is 0.567. The van der Waals surface area contributed by atoms with Crippen LogP contribution in [-0.4, -0.2) is 5.11 Å². The number of aliphatic hydroxyl groups is 1. The number of rotatable bonds is 2. The van der Waals surface area contributed by atoms with Gasteiger partial charge in [0.2, 0.25) is 0 Å². The minimum atomic E-state index is -0.758. The Balaban J connectivity index is 1.88. The molecule has 0 amide bonds. The van der Waals surface area contributed by atoms with Crippen molar-refractivity contribution in [2.24, 2.45) is 0 Å². The molecule has 0 radical (unpaired) electrons. The number of benzene rings is 2. The first-order valence-electron chi connectivity index (χ1n) is 6.56. The minimum Gasteiger partial charge on any atom is -0.457 e. The molecule has 0 spiro atoms. The lowest BCUT2D eigenvalue weighted by atomic mass is 10.1. The molecular weight excluding hydrogens is 348 g/mol. The van der Waals surface area contributed by atoms with Crippen LogP contribution in [0.4, 0.5) is 0 Å². The van der Waals surface area contributed by atoms with Crippen LogP contribution in [0.2, 0.25) is 0 Å². The highest BCUT2D eigenvalue weighted by molar-refractivity contribution is 9.10. The minimum absolute atomic E-state index is 0.567. The monoisotopic (exact) mass is 358 g/mol. The molecule has 0 fully saturated rings. The van der Waals surface area contributed by atoms with Gasteiger partial charge in [0.05, 0.1) is 4.47 Å². The summed E-state index contributed by atoms with van der Waals surface area (Å²) in [4.78, 5) is 0. The molecule has 21 heavy (non-hydrogen) atoms. The van der Waals surface area contributed by atoms with E-state index >= 15 is 0 Å². The molecule has 4 aromatic rings. The van der Waals surface area contributed by atoms with Gasteiger partial charge >= 0.3 is 0 Å². The Morgan fingerprint density at radius 2 is 1.86 bits per heavy atom. The zero-order chi connectivity index (χ0) is 14.4. The van der Waals surface area contributed by atoms with Crippen LogP contribution >= 0.6 is 27.3 Å². The molecule has 1 unspecified atom stereocenters. The molecule has 0 aliphatic carbocycles. The van der Waals surface area contributed by atoms with Gasteiger partial charge in [-0.05, 0) is 44.9 Å². The van der Waals surface area contributed by atoms with Gasteiger partial charge in [-0.1, -0.05) is 30.3 Å². The van der Waals surface area contributed by atoms with Gasteiger partial charge in [0.15, 0.2) is 0 Å². The Morgan fingerprint density at radius 1 is 1.05 bits per heavy atom. The van der Waals surface area contributed by atoms with E-state index in [1.165, 1.54) is 0 Å². The van der Waals surface area contributed by atoms with E-state index in [4.69, 9.17) is 4.42 Å². The highest BCUT2D eigenvalue weighted by Crippen LogP contribution is 2.36. The van der Waals surface area contributed by atoms with E-state index in [0.717, 1.165) is 31.1 Å². The number of hydrogen-bond donors (Lipinski definition) is 1. The maximum Gasteiger partial charge on any atom is 0.148 e. The summed E-state index contributed by atoms with van der Waals surface area (Å²) in [5.41, 5.74) is 1.66. The van der Waals surface area contributed by atoms with Crippen LogP contribution in [0.3, 0.4) is 0 Å². The fourth-order valence-electron chi connectivity index (χ4n) is 2.57. The van der Waals surface area contributed by atoms with Gasteiger partial charge in [-0.3, -0.25) is 0 Å². The van der Waals surface area contributed by atoms with E-state index in [0.29, 0.717) is 5.76 Å². The Morgan fingerprint density at radius 3 is 2.71 bits per heavy atom. The quantitative estimate of drug-likeness (QED) is 0.513. The third-order valence-corrected chi connectivity index (χ3v) is 5.19. The number of fused-ring (bicyclic) bond motifs is 2. The van der Waals surface area contributed by atoms with Crippen LogP contribution in [-0.2, 0) is 0 Å². The zero-order valence-corrected chi connectivity index (χ0v) is 13.3. The predicted molar refractivity (Wildman–Crippen MR) is 89.8 cm³/mol. The van der Waals surface area contributed by atoms with Crippen molar-refractivity contribution in [3.63, 3.8) is 0 Å². The van der Waals surface area contributed by atoms with Crippen LogP contribution in [0.1, 0.15) is 17.4 Å².